The zero-order valence-corrected chi connectivity index (χ0v) is 21.9. The van der Waals surface area contributed by atoms with Crippen LogP contribution >= 0.6 is 0 Å². The number of nitrogens with two attached hydrogens (primary N) is 1. The van der Waals surface area contributed by atoms with Crippen molar-refractivity contribution in [2.45, 2.75) is 80.6 Å². The van der Waals surface area contributed by atoms with E-state index in [2.05, 4.69) is 100 Å². The first-order valence-electron chi connectivity index (χ1n) is 12.4. The van der Waals surface area contributed by atoms with Crippen molar-refractivity contribution >= 4 is 17.4 Å². The van der Waals surface area contributed by atoms with Crippen molar-refractivity contribution in [3.63, 3.8) is 0 Å². The molecule has 0 aliphatic heterocycles. The second-order valence-corrected chi connectivity index (χ2v) is 8.33. The molecule has 2 N–H and O–H groups in total. The zero-order chi connectivity index (χ0) is 24.6. The van der Waals surface area contributed by atoms with Crippen LogP contribution in [0.25, 0.3) is 11.1 Å². The Kier molecular flexibility index (Phi) is 13.5. The summed E-state index contributed by atoms with van der Waals surface area (Å²) >= 11 is 0. The fourth-order valence-electron chi connectivity index (χ4n) is 3.46. The summed E-state index contributed by atoms with van der Waals surface area (Å²) in [6, 6.07) is 8.81. The van der Waals surface area contributed by atoms with Crippen LogP contribution in [-0.2, 0) is 0 Å². The van der Waals surface area contributed by atoms with Crippen LogP contribution < -0.4 is 5.73 Å². The van der Waals surface area contributed by atoms with Crippen LogP contribution in [0.2, 0.25) is 0 Å². The second-order valence-electron chi connectivity index (χ2n) is 8.33. The molecule has 2 heteroatoms. The van der Waals surface area contributed by atoms with E-state index in [-0.39, 0.29) is 0 Å². The molecular formula is C31H44N2. The van der Waals surface area contributed by atoms with Crippen molar-refractivity contribution in [3.05, 3.63) is 94.4 Å². The summed E-state index contributed by atoms with van der Waals surface area (Å²) in [5.74, 6) is 0. The summed E-state index contributed by atoms with van der Waals surface area (Å²) in [6.45, 7) is 14.8. The lowest BCUT2D eigenvalue weighted by Crippen LogP contribution is -2.08. The quantitative estimate of drug-likeness (QED) is 0.253. The minimum atomic E-state index is 0.837. The fourth-order valence-corrected chi connectivity index (χ4v) is 3.46. The van der Waals surface area contributed by atoms with Crippen LogP contribution in [0, 0.1) is 0 Å². The molecule has 2 nitrogen and oxygen atoms in total. The summed E-state index contributed by atoms with van der Waals surface area (Å²) in [5, 5.41) is 0. The van der Waals surface area contributed by atoms with Gasteiger partial charge in [-0.3, -0.25) is 4.99 Å². The maximum atomic E-state index is 6.67. The number of benzene rings is 1. The molecule has 0 atom stereocenters. The molecule has 1 aromatic carbocycles. The molecule has 0 saturated carbocycles. The molecule has 0 bridgehead atoms. The van der Waals surface area contributed by atoms with E-state index in [4.69, 9.17) is 5.73 Å². The molecule has 0 saturated heterocycles. The number of aliphatic imine (C=N–C) groups is 1. The van der Waals surface area contributed by atoms with E-state index >= 15 is 0 Å². The molecule has 1 aromatic rings. The highest BCUT2D eigenvalue weighted by Crippen LogP contribution is 2.33. The van der Waals surface area contributed by atoms with Gasteiger partial charge in [0.25, 0.3) is 0 Å². The van der Waals surface area contributed by atoms with Crippen LogP contribution in [0.15, 0.2) is 88.3 Å². The summed E-state index contributed by atoms with van der Waals surface area (Å²) in [6.07, 6.45) is 20.1. The van der Waals surface area contributed by atoms with E-state index in [0.29, 0.717) is 0 Å². The first-order valence-corrected chi connectivity index (χ1v) is 12.4. The van der Waals surface area contributed by atoms with Crippen LogP contribution in [0.3, 0.4) is 0 Å². The molecule has 178 valence electrons. The minimum absolute atomic E-state index is 0.837. The summed E-state index contributed by atoms with van der Waals surface area (Å²) in [5.41, 5.74) is 15.5. The molecule has 0 amide bonds. The Bertz CT molecular complexity index is 945. The molecule has 0 heterocycles. The monoisotopic (exact) mass is 444 g/mol. The molecule has 0 spiro atoms. The van der Waals surface area contributed by atoms with Gasteiger partial charge in [0.15, 0.2) is 0 Å². The lowest BCUT2D eigenvalue weighted by atomic mass is 9.90. The van der Waals surface area contributed by atoms with E-state index in [1.807, 2.05) is 20.1 Å². The third-order valence-electron chi connectivity index (χ3n) is 5.66. The molecule has 0 fully saturated rings. The summed E-state index contributed by atoms with van der Waals surface area (Å²) in [4.78, 5) is 4.60. The Balaban J connectivity index is 3.40. The average molecular weight is 445 g/mol. The van der Waals surface area contributed by atoms with Crippen LogP contribution in [0.1, 0.15) is 91.7 Å². The predicted molar refractivity (Wildman–Crippen MR) is 150 cm³/mol. The normalized spacial score (nSPS) is 15.0. The van der Waals surface area contributed by atoms with Crippen LogP contribution in [0.4, 0.5) is 0 Å². The van der Waals surface area contributed by atoms with E-state index < -0.39 is 0 Å². The van der Waals surface area contributed by atoms with Gasteiger partial charge < -0.3 is 5.73 Å². The molecule has 0 radical (unpaired) electrons. The van der Waals surface area contributed by atoms with E-state index in [0.717, 1.165) is 42.7 Å². The fraction of sp³-hybridized carbons (Fsp3) is 0.387. The van der Waals surface area contributed by atoms with Crippen LogP contribution in [-0.4, -0.2) is 6.21 Å². The van der Waals surface area contributed by atoms with Gasteiger partial charge in [-0.2, -0.15) is 0 Å². The Hall–Kier alpha value is -2.87. The molecule has 0 unspecified atom stereocenters. The Morgan fingerprint density at radius 3 is 2.09 bits per heavy atom. The highest BCUT2D eigenvalue weighted by Gasteiger charge is 2.16. The maximum absolute atomic E-state index is 6.67. The number of hydrogen-bond acceptors (Lipinski definition) is 2. The number of hydrogen-bond donors (Lipinski definition) is 1. The predicted octanol–water partition coefficient (Wildman–Crippen LogP) is 9.19. The smallest absolute Gasteiger partial charge is 0.0467 e. The van der Waals surface area contributed by atoms with Gasteiger partial charge in [-0.1, -0.05) is 94.3 Å². The lowest BCUT2D eigenvalue weighted by molar-refractivity contribution is 0.958. The van der Waals surface area contributed by atoms with Crippen molar-refractivity contribution in [2.75, 3.05) is 0 Å². The number of rotatable bonds is 12. The van der Waals surface area contributed by atoms with Gasteiger partial charge in [-0.05, 0) is 74.8 Å². The van der Waals surface area contributed by atoms with Gasteiger partial charge in [0, 0.05) is 23.2 Å². The Morgan fingerprint density at radius 2 is 1.52 bits per heavy atom. The van der Waals surface area contributed by atoms with Crippen molar-refractivity contribution in [3.8, 4) is 0 Å². The van der Waals surface area contributed by atoms with E-state index in [1.54, 1.807) is 0 Å². The third-order valence-corrected chi connectivity index (χ3v) is 5.66. The first-order chi connectivity index (χ1) is 15.9. The molecule has 0 aliphatic rings. The highest BCUT2D eigenvalue weighted by molar-refractivity contribution is 5.85. The Morgan fingerprint density at radius 1 is 0.879 bits per heavy atom. The topological polar surface area (TPSA) is 38.4 Å². The molecular weight excluding hydrogens is 400 g/mol. The largest absolute Gasteiger partial charge is 0.398 e. The maximum Gasteiger partial charge on any atom is 0.0467 e. The Labute approximate surface area is 203 Å². The molecule has 33 heavy (non-hydrogen) atoms. The van der Waals surface area contributed by atoms with Gasteiger partial charge in [0.1, 0.15) is 0 Å². The number of nitrogens with zero attached hydrogens (tertiary/aromatic N) is 1. The van der Waals surface area contributed by atoms with Gasteiger partial charge in [-0.25, -0.2) is 0 Å². The van der Waals surface area contributed by atoms with Gasteiger partial charge in [0.2, 0.25) is 0 Å². The van der Waals surface area contributed by atoms with Crippen molar-refractivity contribution < 1.29 is 0 Å². The summed E-state index contributed by atoms with van der Waals surface area (Å²) in [7, 11) is 0. The van der Waals surface area contributed by atoms with Crippen LogP contribution in [0.5, 0.6) is 0 Å². The minimum Gasteiger partial charge on any atom is -0.398 e. The van der Waals surface area contributed by atoms with Gasteiger partial charge in [-0.15, -0.1) is 0 Å². The molecule has 0 aliphatic carbocycles. The number of allylic oxidation sites excluding steroid dienone is 10. The molecule has 1 rings (SSSR count). The zero-order valence-electron chi connectivity index (χ0n) is 21.9. The average Bonchev–Trinajstić information content (AvgIpc) is 2.83. The summed E-state index contributed by atoms with van der Waals surface area (Å²) < 4.78 is 0. The van der Waals surface area contributed by atoms with Gasteiger partial charge in [0.05, 0.1) is 0 Å². The van der Waals surface area contributed by atoms with E-state index in [1.165, 1.54) is 34.3 Å². The third kappa shape index (κ3) is 9.26. The standard InChI is InChI=1S/C31H44N2/c1-8-12-14-15-16-17-18-25(6)27-20-22-28(23-21-27)29(19-13-9-2)30(26(7)33-11-4)31(32)24(5)10-3/h11,14-23H,8-10,12-13,32H2,1-7H3/b15-14-,17-16-,25-18+,29-19-,30-26-,31-24-,33-11?. The van der Waals surface area contributed by atoms with Gasteiger partial charge >= 0.3 is 0 Å². The van der Waals surface area contributed by atoms with Crippen molar-refractivity contribution in [1.82, 2.24) is 0 Å². The second kappa shape index (κ2) is 15.9. The first kappa shape index (κ1) is 28.2. The van der Waals surface area contributed by atoms with Crippen molar-refractivity contribution in [1.29, 1.82) is 0 Å². The molecule has 0 aromatic heterocycles. The SMILES string of the molecule is CC=N/C(C)=C(C(=C\CCC)/c1ccc(/C(C)=C/C=C\C=C/CCC)cc1)\C(N)=C(/C)CC. The lowest BCUT2D eigenvalue weighted by Gasteiger charge is -2.18. The highest BCUT2D eigenvalue weighted by atomic mass is 14.7. The van der Waals surface area contributed by atoms with Crippen molar-refractivity contribution in [2.24, 2.45) is 10.7 Å². The number of unbranched alkanes of at least 4 members (excludes halogenated alkanes) is 2. The van der Waals surface area contributed by atoms with E-state index in [9.17, 15) is 0 Å².